The molecule has 3 fully saturated rings. The van der Waals surface area contributed by atoms with Crippen molar-refractivity contribution in [3.05, 3.63) is 30.1 Å². The summed E-state index contributed by atoms with van der Waals surface area (Å²) in [6.45, 7) is 0.270. The molecule has 0 radical (unpaired) electrons. The summed E-state index contributed by atoms with van der Waals surface area (Å²) in [6.07, 6.45) is 5.26. The van der Waals surface area contributed by atoms with E-state index in [0.717, 1.165) is 31.4 Å². The first-order valence-electron chi connectivity index (χ1n) is 9.23. The number of aromatic nitrogens is 1. The zero-order valence-electron chi connectivity index (χ0n) is 14.7. The highest BCUT2D eigenvalue weighted by Crippen LogP contribution is 2.51. The molecule has 2 aliphatic heterocycles. The molecule has 1 spiro atoms. The molecule has 1 aromatic heterocycles. The van der Waals surface area contributed by atoms with Crippen LogP contribution in [0.15, 0.2) is 24.4 Å². The molecule has 1 aromatic rings. The van der Waals surface area contributed by atoms with Gasteiger partial charge in [0, 0.05) is 36.3 Å². The molecule has 4 rings (SSSR count). The van der Waals surface area contributed by atoms with Gasteiger partial charge in [0.1, 0.15) is 0 Å². The van der Waals surface area contributed by atoms with Gasteiger partial charge in [-0.05, 0) is 31.4 Å². The van der Waals surface area contributed by atoms with Crippen LogP contribution in [0.5, 0.6) is 0 Å². The van der Waals surface area contributed by atoms with E-state index in [0.29, 0.717) is 13.1 Å². The second-order valence-corrected chi connectivity index (χ2v) is 7.92. The number of carbonyl (C=O) groups excluding carboxylic acids is 2. The topological polar surface area (TPSA) is 53.5 Å². The lowest BCUT2D eigenvalue weighted by atomic mass is 9.76. The maximum absolute atomic E-state index is 13.1. The standard InChI is InChI=1S/C19H23F2N3O2/c20-19(21)12-24(13-19)17(26)15-5-3-6-18(15)7-9-23(11-18)16(25)10-14-4-1-2-8-22-14/h1-2,4,8,15H,3,5-7,9-13H2/t15-,18+/m0/s1. The third-order valence-electron chi connectivity index (χ3n) is 6.16. The van der Waals surface area contributed by atoms with E-state index in [2.05, 4.69) is 4.98 Å². The van der Waals surface area contributed by atoms with Crippen molar-refractivity contribution in [2.75, 3.05) is 26.2 Å². The predicted octanol–water partition coefficient (Wildman–Crippen LogP) is 2.12. The molecule has 5 nitrogen and oxygen atoms in total. The molecule has 0 N–H and O–H groups in total. The predicted molar refractivity (Wildman–Crippen MR) is 90.4 cm³/mol. The largest absolute Gasteiger partial charge is 0.342 e. The maximum atomic E-state index is 13.1. The van der Waals surface area contributed by atoms with Crippen LogP contribution in [-0.4, -0.2) is 58.7 Å². The number of alkyl halides is 2. The Balaban J connectivity index is 1.41. The molecule has 1 aliphatic carbocycles. The minimum absolute atomic E-state index is 0.0224. The Labute approximate surface area is 151 Å². The maximum Gasteiger partial charge on any atom is 0.282 e. The third kappa shape index (κ3) is 3.08. The molecule has 2 atom stereocenters. The van der Waals surface area contributed by atoms with Gasteiger partial charge in [-0.1, -0.05) is 12.5 Å². The first-order chi connectivity index (χ1) is 12.4. The molecule has 26 heavy (non-hydrogen) atoms. The van der Waals surface area contributed by atoms with E-state index < -0.39 is 19.0 Å². The van der Waals surface area contributed by atoms with Crippen molar-refractivity contribution in [3.8, 4) is 0 Å². The van der Waals surface area contributed by atoms with Crippen LogP contribution >= 0.6 is 0 Å². The fourth-order valence-electron chi connectivity index (χ4n) is 4.78. The van der Waals surface area contributed by atoms with Crippen molar-refractivity contribution in [1.29, 1.82) is 0 Å². The van der Waals surface area contributed by atoms with Gasteiger partial charge in [-0.25, -0.2) is 8.78 Å². The number of hydrogen-bond donors (Lipinski definition) is 0. The Morgan fingerprint density at radius 2 is 1.96 bits per heavy atom. The van der Waals surface area contributed by atoms with Gasteiger partial charge in [0.05, 0.1) is 19.5 Å². The highest BCUT2D eigenvalue weighted by Gasteiger charge is 2.55. The minimum atomic E-state index is -2.73. The summed E-state index contributed by atoms with van der Waals surface area (Å²) >= 11 is 0. The molecular weight excluding hydrogens is 340 g/mol. The van der Waals surface area contributed by atoms with Gasteiger partial charge in [0.25, 0.3) is 5.92 Å². The second kappa shape index (κ2) is 6.28. The Hall–Kier alpha value is -2.05. The summed E-state index contributed by atoms with van der Waals surface area (Å²) in [7, 11) is 0. The lowest BCUT2D eigenvalue weighted by molar-refractivity contribution is -0.172. The van der Waals surface area contributed by atoms with Gasteiger partial charge in [-0.2, -0.15) is 0 Å². The number of pyridine rings is 1. The van der Waals surface area contributed by atoms with Crippen LogP contribution in [0.2, 0.25) is 0 Å². The smallest absolute Gasteiger partial charge is 0.282 e. The van der Waals surface area contributed by atoms with Crippen molar-refractivity contribution in [1.82, 2.24) is 14.8 Å². The number of nitrogens with zero attached hydrogens (tertiary/aromatic N) is 3. The van der Waals surface area contributed by atoms with Gasteiger partial charge in [-0.15, -0.1) is 0 Å². The van der Waals surface area contributed by atoms with Crippen molar-refractivity contribution in [2.45, 2.75) is 38.0 Å². The summed E-state index contributed by atoms with van der Waals surface area (Å²) < 4.78 is 26.3. The Bertz CT molecular complexity index is 704. The summed E-state index contributed by atoms with van der Waals surface area (Å²) in [5.41, 5.74) is 0.502. The molecule has 0 unspecified atom stereocenters. The lowest BCUT2D eigenvalue weighted by Crippen LogP contribution is -2.60. The highest BCUT2D eigenvalue weighted by molar-refractivity contribution is 5.82. The van der Waals surface area contributed by atoms with E-state index in [4.69, 9.17) is 0 Å². The van der Waals surface area contributed by atoms with E-state index >= 15 is 0 Å². The molecule has 0 aromatic carbocycles. The Kier molecular flexibility index (Phi) is 4.20. The number of halogens is 2. The Morgan fingerprint density at radius 1 is 1.15 bits per heavy atom. The summed E-state index contributed by atoms with van der Waals surface area (Å²) in [5, 5.41) is 0. The summed E-state index contributed by atoms with van der Waals surface area (Å²) in [6, 6.07) is 5.50. The molecule has 3 heterocycles. The van der Waals surface area contributed by atoms with Crippen LogP contribution in [0.3, 0.4) is 0 Å². The number of likely N-dealkylation sites (tertiary alicyclic amines) is 2. The average molecular weight is 363 g/mol. The van der Waals surface area contributed by atoms with Crippen molar-refractivity contribution in [3.63, 3.8) is 0 Å². The third-order valence-corrected chi connectivity index (χ3v) is 6.16. The molecule has 0 bridgehead atoms. The van der Waals surface area contributed by atoms with Crippen molar-refractivity contribution < 1.29 is 18.4 Å². The van der Waals surface area contributed by atoms with Crippen LogP contribution in [0, 0.1) is 11.3 Å². The van der Waals surface area contributed by atoms with Gasteiger partial charge in [0.2, 0.25) is 11.8 Å². The fraction of sp³-hybridized carbons (Fsp3) is 0.632. The number of carbonyl (C=O) groups is 2. The molecular formula is C19H23F2N3O2. The number of amides is 2. The van der Waals surface area contributed by atoms with Crippen LogP contribution in [0.1, 0.15) is 31.4 Å². The fourth-order valence-corrected chi connectivity index (χ4v) is 4.78. The van der Waals surface area contributed by atoms with E-state index in [1.54, 1.807) is 6.20 Å². The van der Waals surface area contributed by atoms with E-state index in [1.807, 2.05) is 23.1 Å². The van der Waals surface area contributed by atoms with E-state index in [1.165, 1.54) is 4.90 Å². The van der Waals surface area contributed by atoms with Gasteiger partial charge < -0.3 is 9.80 Å². The lowest BCUT2D eigenvalue weighted by Gasteiger charge is -2.42. The monoisotopic (exact) mass is 363 g/mol. The van der Waals surface area contributed by atoms with Crippen LogP contribution in [0.4, 0.5) is 8.78 Å². The molecule has 2 saturated heterocycles. The van der Waals surface area contributed by atoms with Crippen molar-refractivity contribution >= 4 is 11.8 Å². The minimum Gasteiger partial charge on any atom is -0.342 e. The molecule has 1 saturated carbocycles. The van der Waals surface area contributed by atoms with Gasteiger partial charge >= 0.3 is 0 Å². The zero-order chi connectivity index (χ0) is 18.4. The quantitative estimate of drug-likeness (QED) is 0.827. The van der Waals surface area contributed by atoms with E-state index in [9.17, 15) is 18.4 Å². The molecule has 3 aliphatic rings. The SMILES string of the molecule is O=C(Cc1ccccn1)N1CC[C@]2(CCC[C@H]2C(=O)N2CC(F)(F)C2)C1. The first kappa shape index (κ1) is 17.4. The molecule has 140 valence electrons. The number of hydrogen-bond acceptors (Lipinski definition) is 3. The van der Waals surface area contributed by atoms with Gasteiger partial charge in [-0.3, -0.25) is 14.6 Å². The normalized spacial score (nSPS) is 29.8. The van der Waals surface area contributed by atoms with E-state index in [-0.39, 0.29) is 29.6 Å². The number of rotatable bonds is 3. The van der Waals surface area contributed by atoms with Crippen molar-refractivity contribution in [2.24, 2.45) is 11.3 Å². The summed E-state index contributed by atoms with van der Waals surface area (Å²) in [5.74, 6) is -3.09. The second-order valence-electron chi connectivity index (χ2n) is 7.92. The zero-order valence-corrected chi connectivity index (χ0v) is 14.7. The first-order valence-corrected chi connectivity index (χ1v) is 9.23. The van der Waals surface area contributed by atoms with Crippen LogP contribution in [-0.2, 0) is 16.0 Å². The van der Waals surface area contributed by atoms with Crippen LogP contribution < -0.4 is 0 Å². The van der Waals surface area contributed by atoms with Gasteiger partial charge in [0.15, 0.2) is 0 Å². The molecule has 7 heteroatoms. The summed E-state index contributed by atoms with van der Waals surface area (Å²) in [4.78, 5) is 32.6. The Morgan fingerprint density at radius 3 is 2.65 bits per heavy atom. The molecule has 2 amide bonds. The average Bonchev–Trinajstić information content (AvgIpc) is 3.20. The highest BCUT2D eigenvalue weighted by atomic mass is 19.3. The van der Waals surface area contributed by atoms with Crippen LogP contribution in [0.25, 0.3) is 0 Å².